The molecule has 0 bridgehead atoms. The van der Waals surface area contributed by atoms with Crippen LogP contribution in [0.3, 0.4) is 0 Å². The standard InChI is InChI=1S/C8H19NS/c1-3-7-10-8-5-6-9-4-2/h9H,3-8H2,1-2H3. The van der Waals surface area contributed by atoms with Gasteiger partial charge in [0.05, 0.1) is 0 Å². The van der Waals surface area contributed by atoms with E-state index in [4.69, 9.17) is 0 Å². The Morgan fingerprint density at radius 1 is 1.20 bits per heavy atom. The molecule has 0 heterocycles. The van der Waals surface area contributed by atoms with Gasteiger partial charge in [0.1, 0.15) is 0 Å². The van der Waals surface area contributed by atoms with Crippen molar-refractivity contribution in [3.8, 4) is 0 Å². The molecule has 0 aliphatic carbocycles. The molecule has 0 unspecified atom stereocenters. The van der Waals surface area contributed by atoms with Gasteiger partial charge in [0.25, 0.3) is 0 Å². The van der Waals surface area contributed by atoms with Crippen LogP contribution in [0.4, 0.5) is 0 Å². The molecule has 0 amide bonds. The lowest BCUT2D eigenvalue weighted by molar-refractivity contribution is 0.707. The van der Waals surface area contributed by atoms with Crippen LogP contribution in [0.1, 0.15) is 26.7 Å². The van der Waals surface area contributed by atoms with Gasteiger partial charge in [-0.1, -0.05) is 13.8 Å². The van der Waals surface area contributed by atoms with Gasteiger partial charge in [-0.25, -0.2) is 0 Å². The maximum Gasteiger partial charge on any atom is -0.00412 e. The van der Waals surface area contributed by atoms with Crippen molar-refractivity contribution in [2.75, 3.05) is 24.6 Å². The SMILES string of the molecule is CCCSCCCNCC. The Kier molecular flexibility index (Phi) is 9.60. The summed E-state index contributed by atoms with van der Waals surface area (Å²) in [7, 11) is 0. The van der Waals surface area contributed by atoms with Gasteiger partial charge < -0.3 is 5.32 Å². The molecular formula is C8H19NS. The Labute approximate surface area is 69.0 Å². The molecule has 1 nitrogen and oxygen atoms in total. The summed E-state index contributed by atoms with van der Waals surface area (Å²) in [5.74, 6) is 2.65. The van der Waals surface area contributed by atoms with Crippen LogP contribution in [0.5, 0.6) is 0 Å². The van der Waals surface area contributed by atoms with Crippen molar-refractivity contribution in [1.82, 2.24) is 5.32 Å². The highest BCUT2D eigenvalue weighted by Crippen LogP contribution is 2.02. The number of thioether (sulfide) groups is 1. The Bertz CT molecular complexity index is 49.2. The zero-order valence-electron chi connectivity index (χ0n) is 7.15. The Balaban J connectivity index is 2.65. The second kappa shape index (κ2) is 9.31. The Morgan fingerprint density at radius 2 is 2.00 bits per heavy atom. The van der Waals surface area contributed by atoms with Crippen LogP contribution in [0.25, 0.3) is 0 Å². The van der Waals surface area contributed by atoms with Crippen molar-refractivity contribution in [2.24, 2.45) is 0 Å². The summed E-state index contributed by atoms with van der Waals surface area (Å²) in [5, 5.41) is 3.31. The smallest absolute Gasteiger partial charge is 0.00412 e. The number of nitrogens with one attached hydrogen (secondary N) is 1. The minimum atomic E-state index is 1.11. The normalized spacial score (nSPS) is 10.2. The molecule has 0 aromatic rings. The van der Waals surface area contributed by atoms with Crippen molar-refractivity contribution in [2.45, 2.75) is 26.7 Å². The van der Waals surface area contributed by atoms with Gasteiger partial charge in [0, 0.05) is 0 Å². The molecule has 0 aliphatic rings. The minimum Gasteiger partial charge on any atom is -0.317 e. The van der Waals surface area contributed by atoms with Gasteiger partial charge in [0.15, 0.2) is 0 Å². The van der Waals surface area contributed by atoms with Crippen LogP contribution in [-0.2, 0) is 0 Å². The summed E-state index contributed by atoms with van der Waals surface area (Å²) in [6.07, 6.45) is 2.63. The molecule has 62 valence electrons. The maximum atomic E-state index is 3.31. The molecule has 0 spiro atoms. The fourth-order valence-corrected chi connectivity index (χ4v) is 1.56. The Morgan fingerprint density at radius 3 is 2.60 bits per heavy atom. The lowest BCUT2D eigenvalue weighted by Crippen LogP contribution is -2.14. The maximum absolute atomic E-state index is 3.31. The zero-order valence-corrected chi connectivity index (χ0v) is 7.97. The van der Waals surface area contributed by atoms with Crippen molar-refractivity contribution >= 4 is 11.8 Å². The molecule has 0 saturated heterocycles. The predicted molar refractivity (Wildman–Crippen MR) is 50.8 cm³/mol. The van der Waals surface area contributed by atoms with Crippen molar-refractivity contribution in [1.29, 1.82) is 0 Å². The second-order valence-corrected chi connectivity index (χ2v) is 3.54. The first kappa shape index (κ1) is 10.3. The second-order valence-electron chi connectivity index (χ2n) is 2.32. The summed E-state index contributed by atoms with van der Waals surface area (Å²) in [4.78, 5) is 0. The summed E-state index contributed by atoms with van der Waals surface area (Å²) in [6.45, 7) is 6.68. The average molecular weight is 161 g/mol. The number of hydrogen-bond acceptors (Lipinski definition) is 2. The van der Waals surface area contributed by atoms with Crippen LogP contribution in [0.15, 0.2) is 0 Å². The van der Waals surface area contributed by atoms with E-state index >= 15 is 0 Å². The highest BCUT2D eigenvalue weighted by Gasteiger charge is 1.86. The largest absolute Gasteiger partial charge is 0.317 e. The molecule has 0 atom stereocenters. The molecule has 10 heavy (non-hydrogen) atoms. The van der Waals surface area contributed by atoms with E-state index in [1.54, 1.807) is 0 Å². The molecule has 0 aromatic heterocycles. The topological polar surface area (TPSA) is 12.0 Å². The van der Waals surface area contributed by atoms with E-state index in [0.717, 1.165) is 6.54 Å². The van der Waals surface area contributed by atoms with E-state index in [-0.39, 0.29) is 0 Å². The monoisotopic (exact) mass is 161 g/mol. The van der Waals surface area contributed by atoms with Crippen LogP contribution in [0.2, 0.25) is 0 Å². The summed E-state index contributed by atoms with van der Waals surface area (Å²) >= 11 is 2.06. The first-order valence-corrected chi connectivity index (χ1v) is 5.35. The highest BCUT2D eigenvalue weighted by molar-refractivity contribution is 7.99. The van der Waals surface area contributed by atoms with Gasteiger partial charge in [0.2, 0.25) is 0 Å². The zero-order chi connectivity index (χ0) is 7.66. The van der Waals surface area contributed by atoms with Gasteiger partial charge in [-0.05, 0) is 37.4 Å². The molecular weight excluding hydrogens is 142 g/mol. The van der Waals surface area contributed by atoms with Crippen LogP contribution in [0, 0.1) is 0 Å². The van der Waals surface area contributed by atoms with Crippen LogP contribution < -0.4 is 5.32 Å². The van der Waals surface area contributed by atoms with E-state index < -0.39 is 0 Å². The van der Waals surface area contributed by atoms with Gasteiger partial charge >= 0.3 is 0 Å². The first-order valence-electron chi connectivity index (χ1n) is 4.20. The summed E-state index contributed by atoms with van der Waals surface area (Å²) < 4.78 is 0. The molecule has 0 aliphatic heterocycles. The number of rotatable bonds is 7. The van der Waals surface area contributed by atoms with E-state index in [9.17, 15) is 0 Å². The summed E-state index contributed by atoms with van der Waals surface area (Å²) in [5.41, 5.74) is 0. The lowest BCUT2D eigenvalue weighted by Gasteiger charge is -1.99. The van der Waals surface area contributed by atoms with E-state index in [2.05, 4.69) is 30.9 Å². The molecule has 0 saturated carbocycles. The molecule has 1 N–H and O–H groups in total. The predicted octanol–water partition coefficient (Wildman–Crippen LogP) is 2.13. The van der Waals surface area contributed by atoms with Gasteiger partial charge in [-0.15, -0.1) is 0 Å². The molecule has 0 aromatic carbocycles. The third-order valence-corrected chi connectivity index (χ3v) is 2.51. The van der Waals surface area contributed by atoms with Gasteiger partial charge in [-0.3, -0.25) is 0 Å². The molecule has 0 fully saturated rings. The average Bonchev–Trinajstić information content (AvgIpc) is 1.97. The highest BCUT2D eigenvalue weighted by atomic mass is 32.2. The first-order chi connectivity index (χ1) is 4.91. The quantitative estimate of drug-likeness (QED) is 0.574. The van der Waals surface area contributed by atoms with E-state index in [0.29, 0.717) is 0 Å². The minimum absolute atomic E-state index is 1.11. The molecule has 0 radical (unpaired) electrons. The lowest BCUT2D eigenvalue weighted by atomic mass is 10.5. The van der Waals surface area contributed by atoms with E-state index in [1.807, 2.05) is 0 Å². The Hall–Kier alpha value is 0.310. The summed E-state index contributed by atoms with van der Waals surface area (Å²) in [6, 6.07) is 0. The van der Waals surface area contributed by atoms with Crippen molar-refractivity contribution < 1.29 is 0 Å². The molecule has 2 heteroatoms. The van der Waals surface area contributed by atoms with Crippen LogP contribution >= 0.6 is 11.8 Å². The fourth-order valence-electron chi connectivity index (χ4n) is 0.722. The van der Waals surface area contributed by atoms with Crippen LogP contribution in [-0.4, -0.2) is 24.6 Å². The fraction of sp³-hybridized carbons (Fsp3) is 1.00. The molecule has 0 rings (SSSR count). The van der Waals surface area contributed by atoms with Gasteiger partial charge in [-0.2, -0.15) is 11.8 Å². The third kappa shape index (κ3) is 8.31. The van der Waals surface area contributed by atoms with Crippen molar-refractivity contribution in [3.63, 3.8) is 0 Å². The number of hydrogen-bond donors (Lipinski definition) is 1. The van der Waals surface area contributed by atoms with E-state index in [1.165, 1.54) is 30.9 Å². The third-order valence-electron chi connectivity index (χ3n) is 1.24. The van der Waals surface area contributed by atoms with Crippen molar-refractivity contribution in [3.05, 3.63) is 0 Å².